The molecule has 0 saturated heterocycles. The molecule has 0 saturated carbocycles. The van der Waals surface area contributed by atoms with E-state index in [0.29, 0.717) is 16.9 Å². The summed E-state index contributed by atoms with van der Waals surface area (Å²) >= 11 is 0. The molecular formula is C16H15FN2O3. The molecule has 0 aromatic heterocycles. The van der Waals surface area contributed by atoms with Gasteiger partial charge in [-0.2, -0.15) is 0 Å². The number of nitrogens with one attached hydrogen (secondary N) is 2. The van der Waals surface area contributed by atoms with Crippen LogP contribution in [0, 0.1) is 5.82 Å². The summed E-state index contributed by atoms with van der Waals surface area (Å²) in [5.74, 6) is -1.04. The van der Waals surface area contributed by atoms with Gasteiger partial charge in [-0.1, -0.05) is 0 Å². The van der Waals surface area contributed by atoms with Crippen molar-refractivity contribution in [2.45, 2.75) is 0 Å². The van der Waals surface area contributed by atoms with Gasteiger partial charge in [-0.25, -0.2) is 9.18 Å². The van der Waals surface area contributed by atoms with Crippen molar-refractivity contribution in [3.05, 3.63) is 59.9 Å². The number of methoxy groups -OCH3 is 1. The van der Waals surface area contributed by atoms with E-state index in [1.807, 2.05) is 0 Å². The Morgan fingerprint density at radius 1 is 1.00 bits per heavy atom. The number of rotatable bonds is 5. The van der Waals surface area contributed by atoms with Gasteiger partial charge in [0.15, 0.2) is 0 Å². The van der Waals surface area contributed by atoms with Crippen LogP contribution in [0.25, 0.3) is 0 Å². The van der Waals surface area contributed by atoms with Gasteiger partial charge in [0.25, 0.3) is 0 Å². The number of benzene rings is 2. The van der Waals surface area contributed by atoms with Gasteiger partial charge in [-0.3, -0.25) is 4.79 Å². The predicted molar refractivity (Wildman–Crippen MR) is 81.3 cm³/mol. The van der Waals surface area contributed by atoms with E-state index < -0.39 is 5.97 Å². The topological polar surface area (TPSA) is 67.4 Å². The second kappa shape index (κ2) is 7.21. The molecule has 2 N–H and O–H groups in total. The highest BCUT2D eigenvalue weighted by atomic mass is 19.1. The molecule has 1 amide bonds. The second-order valence-corrected chi connectivity index (χ2v) is 4.48. The number of carbonyl (C=O) groups is 2. The monoisotopic (exact) mass is 302 g/mol. The molecule has 0 aliphatic heterocycles. The van der Waals surface area contributed by atoms with E-state index in [9.17, 15) is 14.0 Å². The minimum atomic E-state index is -0.416. The third kappa shape index (κ3) is 4.31. The van der Waals surface area contributed by atoms with E-state index in [2.05, 4.69) is 15.4 Å². The minimum absolute atomic E-state index is 0.0505. The number of anilines is 2. The smallest absolute Gasteiger partial charge is 0.337 e. The summed E-state index contributed by atoms with van der Waals surface area (Å²) in [6.07, 6.45) is 0. The van der Waals surface area contributed by atoms with E-state index in [-0.39, 0.29) is 18.3 Å². The maximum atomic E-state index is 12.8. The Balaban J connectivity index is 1.85. The highest BCUT2D eigenvalue weighted by Crippen LogP contribution is 2.11. The van der Waals surface area contributed by atoms with Gasteiger partial charge < -0.3 is 15.4 Å². The zero-order chi connectivity index (χ0) is 15.9. The first-order valence-electron chi connectivity index (χ1n) is 6.56. The molecule has 0 spiro atoms. The number of carbonyl (C=O) groups excluding carboxylic acids is 2. The number of amides is 1. The molecule has 0 radical (unpaired) electrons. The molecule has 0 atom stereocenters. The molecule has 22 heavy (non-hydrogen) atoms. The fourth-order valence-electron chi connectivity index (χ4n) is 1.76. The second-order valence-electron chi connectivity index (χ2n) is 4.48. The summed E-state index contributed by atoms with van der Waals surface area (Å²) in [6.45, 7) is 0.0505. The fraction of sp³-hybridized carbons (Fsp3) is 0.125. The number of halogens is 1. The molecule has 2 aromatic rings. The number of hydrogen-bond acceptors (Lipinski definition) is 4. The summed E-state index contributed by atoms with van der Waals surface area (Å²) in [4.78, 5) is 23.0. The van der Waals surface area contributed by atoms with Crippen LogP contribution in [0.1, 0.15) is 10.4 Å². The van der Waals surface area contributed by atoms with Crippen LogP contribution >= 0.6 is 0 Å². The van der Waals surface area contributed by atoms with Gasteiger partial charge in [0.1, 0.15) is 5.82 Å². The molecule has 6 heteroatoms. The normalized spacial score (nSPS) is 9.91. The number of hydrogen-bond donors (Lipinski definition) is 2. The highest BCUT2D eigenvalue weighted by molar-refractivity contribution is 5.94. The average Bonchev–Trinajstić information content (AvgIpc) is 2.55. The Bertz CT molecular complexity index is 654. The zero-order valence-electron chi connectivity index (χ0n) is 11.9. The molecule has 5 nitrogen and oxygen atoms in total. The molecule has 0 unspecified atom stereocenters. The molecule has 0 fully saturated rings. The van der Waals surface area contributed by atoms with Crippen molar-refractivity contribution in [3.63, 3.8) is 0 Å². The molecule has 2 aromatic carbocycles. The summed E-state index contributed by atoms with van der Waals surface area (Å²) in [7, 11) is 1.31. The summed E-state index contributed by atoms with van der Waals surface area (Å²) in [5, 5.41) is 5.56. The maximum absolute atomic E-state index is 12.8. The van der Waals surface area contributed by atoms with Crippen LogP contribution < -0.4 is 10.6 Å². The van der Waals surface area contributed by atoms with Crippen molar-refractivity contribution in [2.75, 3.05) is 24.3 Å². The average molecular weight is 302 g/mol. The fourth-order valence-corrected chi connectivity index (χ4v) is 1.76. The Hall–Kier alpha value is -2.89. The van der Waals surface area contributed by atoms with Crippen molar-refractivity contribution >= 4 is 23.3 Å². The van der Waals surface area contributed by atoms with Crippen LogP contribution in [0.4, 0.5) is 15.8 Å². The van der Waals surface area contributed by atoms with Crippen LogP contribution in [0.2, 0.25) is 0 Å². The molecule has 2 rings (SSSR count). The number of esters is 1. The number of ether oxygens (including phenoxy) is 1. The molecule has 0 aliphatic carbocycles. The minimum Gasteiger partial charge on any atom is -0.465 e. The zero-order valence-corrected chi connectivity index (χ0v) is 11.9. The lowest BCUT2D eigenvalue weighted by Gasteiger charge is -2.08. The van der Waals surface area contributed by atoms with Crippen LogP contribution in [-0.2, 0) is 9.53 Å². The van der Waals surface area contributed by atoms with E-state index in [1.54, 1.807) is 24.3 Å². The summed E-state index contributed by atoms with van der Waals surface area (Å²) in [6, 6.07) is 12.1. The first kappa shape index (κ1) is 15.5. The lowest BCUT2D eigenvalue weighted by Crippen LogP contribution is -2.21. The Morgan fingerprint density at radius 2 is 1.59 bits per heavy atom. The van der Waals surface area contributed by atoms with E-state index in [4.69, 9.17) is 0 Å². The molecule has 0 aliphatic rings. The first-order valence-corrected chi connectivity index (χ1v) is 6.56. The van der Waals surface area contributed by atoms with E-state index >= 15 is 0 Å². The van der Waals surface area contributed by atoms with Crippen LogP contribution in [0.5, 0.6) is 0 Å². The van der Waals surface area contributed by atoms with Crippen molar-refractivity contribution in [1.82, 2.24) is 0 Å². The van der Waals surface area contributed by atoms with Crippen LogP contribution in [0.3, 0.4) is 0 Å². The molecule has 0 bridgehead atoms. The Labute approximate surface area is 127 Å². The third-order valence-electron chi connectivity index (χ3n) is 2.89. The van der Waals surface area contributed by atoms with Gasteiger partial charge in [0.05, 0.1) is 19.2 Å². The largest absolute Gasteiger partial charge is 0.465 e. The predicted octanol–water partition coefficient (Wildman–Crippen LogP) is 2.66. The van der Waals surface area contributed by atoms with Gasteiger partial charge >= 0.3 is 5.97 Å². The molecule has 114 valence electrons. The van der Waals surface area contributed by atoms with Crippen molar-refractivity contribution in [2.24, 2.45) is 0 Å². The molecule has 0 heterocycles. The third-order valence-corrected chi connectivity index (χ3v) is 2.89. The van der Waals surface area contributed by atoms with Crippen molar-refractivity contribution in [1.29, 1.82) is 0 Å². The summed E-state index contributed by atoms with van der Waals surface area (Å²) in [5.41, 5.74) is 1.65. The van der Waals surface area contributed by atoms with Gasteiger partial charge in [-0.15, -0.1) is 0 Å². The van der Waals surface area contributed by atoms with Crippen LogP contribution in [0.15, 0.2) is 48.5 Å². The highest BCUT2D eigenvalue weighted by Gasteiger charge is 2.05. The Morgan fingerprint density at radius 3 is 2.18 bits per heavy atom. The van der Waals surface area contributed by atoms with Crippen molar-refractivity contribution in [3.8, 4) is 0 Å². The van der Waals surface area contributed by atoms with E-state index in [1.165, 1.54) is 31.4 Å². The first-order chi connectivity index (χ1) is 10.6. The SMILES string of the molecule is COC(=O)c1ccc(NCC(=O)Nc2ccc(F)cc2)cc1. The van der Waals surface area contributed by atoms with Crippen molar-refractivity contribution < 1.29 is 18.7 Å². The Kier molecular flexibility index (Phi) is 5.08. The van der Waals surface area contributed by atoms with Gasteiger partial charge in [0.2, 0.25) is 5.91 Å². The maximum Gasteiger partial charge on any atom is 0.337 e. The van der Waals surface area contributed by atoms with Crippen LogP contribution in [-0.4, -0.2) is 25.5 Å². The lowest BCUT2D eigenvalue weighted by molar-refractivity contribution is -0.114. The standard InChI is InChI=1S/C16H15FN2O3/c1-22-16(21)11-2-6-13(7-3-11)18-10-15(20)19-14-8-4-12(17)5-9-14/h2-9,18H,10H2,1H3,(H,19,20). The molecular weight excluding hydrogens is 287 g/mol. The quantitative estimate of drug-likeness (QED) is 0.833. The van der Waals surface area contributed by atoms with Gasteiger partial charge in [-0.05, 0) is 48.5 Å². The summed E-state index contributed by atoms with van der Waals surface area (Å²) < 4.78 is 17.3. The lowest BCUT2D eigenvalue weighted by atomic mass is 10.2. The van der Waals surface area contributed by atoms with E-state index in [0.717, 1.165) is 0 Å². The van der Waals surface area contributed by atoms with Gasteiger partial charge in [0, 0.05) is 11.4 Å².